The van der Waals surface area contributed by atoms with Gasteiger partial charge in [-0.25, -0.2) is 0 Å². The van der Waals surface area contributed by atoms with Gasteiger partial charge in [-0.2, -0.15) is 0 Å². The van der Waals surface area contributed by atoms with Crippen molar-refractivity contribution in [1.82, 2.24) is 4.57 Å². The Labute approximate surface area is 351 Å². The zero-order valence-corrected chi connectivity index (χ0v) is 34.4. The maximum Gasteiger partial charge on any atom is 0.0568 e. The molecule has 0 radical (unpaired) electrons. The lowest BCUT2D eigenvalue weighted by Gasteiger charge is -2.30. The third kappa shape index (κ3) is 4.88. The second-order valence-corrected chi connectivity index (χ2v) is 17.7. The summed E-state index contributed by atoms with van der Waals surface area (Å²) in [6.07, 6.45) is 0. The molecule has 286 valence electrons. The first-order valence-electron chi connectivity index (χ1n) is 21.2. The van der Waals surface area contributed by atoms with Gasteiger partial charge in [-0.15, -0.1) is 0 Å². The average Bonchev–Trinajstić information content (AvgIpc) is 3.82. The number of rotatable bonds is 5. The van der Waals surface area contributed by atoms with E-state index in [1.54, 1.807) is 0 Å². The summed E-state index contributed by atoms with van der Waals surface area (Å²) in [6.45, 7) is 9.51. The van der Waals surface area contributed by atoms with Crippen LogP contribution in [0.5, 0.6) is 0 Å². The van der Waals surface area contributed by atoms with Crippen molar-refractivity contribution in [2.45, 2.75) is 38.5 Å². The molecule has 2 nitrogen and oxygen atoms in total. The second kappa shape index (κ2) is 12.7. The van der Waals surface area contributed by atoms with E-state index in [2.05, 4.69) is 231 Å². The zero-order chi connectivity index (χ0) is 40.3. The number of hydrogen-bond acceptors (Lipinski definition) is 1. The van der Waals surface area contributed by atoms with Gasteiger partial charge in [-0.1, -0.05) is 167 Å². The molecule has 2 aliphatic rings. The highest BCUT2D eigenvalue weighted by molar-refractivity contribution is 6.25. The SMILES string of the molecule is CC1(C)c2ccccc2-c2ccc(N(c3cccc(-c4ccccc4)c3)c3cc4c(c5ccccc35)c3cc5c(cc3n4-c3ccccc3)C(C)(C)c3ccccc3-5)cc21. The Morgan fingerprint density at radius 2 is 0.933 bits per heavy atom. The van der Waals surface area contributed by atoms with E-state index in [1.165, 1.54) is 88.2 Å². The largest absolute Gasteiger partial charge is 0.310 e. The molecule has 0 saturated heterocycles. The van der Waals surface area contributed by atoms with Gasteiger partial charge < -0.3 is 9.47 Å². The van der Waals surface area contributed by atoms with E-state index in [4.69, 9.17) is 0 Å². The summed E-state index contributed by atoms with van der Waals surface area (Å²) < 4.78 is 2.51. The molecule has 0 amide bonds. The molecular formula is C58H44N2. The molecule has 1 aromatic heterocycles. The molecule has 9 aromatic carbocycles. The summed E-state index contributed by atoms with van der Waals surface area (Å²) >= 11 is 0. The molecule has 10 aromatic rings. The molecule has 1 heterocycles. The van der Waals surface area contributed by atoms with Crippen LogP contribution in [-0.4, -0.2) is 4.57 Å². The lowest BCUT2D eigenvalue weighted by Crippen LogP contribution is -2.16. The molecular weight excluding hydrogens is 725 g/mol. The van der Waals surface area contributed by atoms with Crippen LogP contribution in [0.2, 0.25) is 0 Å². The van der Waals surface area contributed by atoms with Crippen molar-refractivity contribution in [3.63, 3.8) is 0 Å². The Morgan fingerprint density at radius 3 is 1.67 bits per heavy atom. The topological polar surface area (TPSA) is 8.17 Å². The summed E-state index contributed by atoms with van der Waals surface area (Å²) in [4.78, 5) is 2.51. The number of aromatic nitrogens is 1. The molecule has 0 atom stereocenters. The maximum atomic E-state index is 2.51. The van der Waals surface area contributed by atoms with Crippen LogP contribution in [0, 0.1) is 0 Å². The quantitative estimate of drug-likeness (QED) is 0.169. The minimum Gasteiger partial charge on any atom is -0.310 e. The highest BCUT2D eigenvalue weighted by Crippen LogP contribution is 2.54. The fourth-order valence-electron chi connectivity index (χ4n) is 10.8. The van der Waals surface area contributed by atoms with Crippen molar-refractivity contribution in [3.05, 3.63) is 216 Å². The first kappa shape index (κ1) is 34.8. The van der Waals surface area contributed by atoms with Gasteiger partial charge in [0, 0.05) is 44.1 Å². The molecule has 12 rings (SSSR count). The summed E-state index contributed by atoms with van der Waals surface area (Å²) in [5.41, 5.74) is 19.9. The van der Waals surface area contributed by atoms with Crippen LogP contribution in [0.15, 0.2) is 194 Å². The fraction of sp³-hybridized carbons (Fsp3) is 0.103. The van der Waals surface area contributed by atoms with Crippen LogP contribution >= 0.6 is 0 Å². The van der Waals surface area contributed by atoms with Crippen molar-refractivity contribution in [3.8, 4) is 39.1 Å². The lowest BCUT2D eigenvalue weighted by molar-refractivity contribution is 0.660. The molecule has 0 saturated carbocycles. The van der Waals surface area contributed by atoms with E-state index in [9.17, 15) is 0 Å². The van der Waals surface area contributed by atoms with Gasteiger partial charge in [-0.3, -0.25) is 0 Å². The average molecular weight is 769 g/mol. The molecule has 2 aliphatic carbocycles. The van der Waals surface area contributed by atoms with Crippen LogP contribution in [-0.2, 0) is 10.8 Å². The van der Waals surface area contributed by atoms with E-state index in [-0.39, 0.29) is 10.8 Å². The normalized spacial score (nSPS) is 14.3. The van der Waals surface area contributed by atoms with Crippen molar-refractivity contribution in [2.75, 3.05) is 4.90 Å². The van der Waals surface area contributed by atoms with E-state index in [0.29, 0.717) is 0 Å². The van der Waals surface area contributed by atoms with Crippen LogP contribution in [0.4, 0.5) is 17.1 Å². The van der Waals surface area contributed by atoms with Gasteiger partial charge in [0.25, 0.3) is 0 Å². The number of nitrogens with zero attached hydrogens (tertiary/aromatic N) is 2. The number of hydrogen-bond donors (Lipinski definition) is 0. The Bertz CT molecular complexity index is 3370. The zero-order valence-electron chi connectivity index (χ0n) is 34.4. The number of benzene rings is 9. The maximum absolute atomic E-state index is 2.51. The minimum absolute atomic E-state index is 0.118. The summed E-state index contributed by atoms with van der Waals surface area (Å²) in [5.74, 6) is 0. The van der Waals surface area contributed by atoms with Gasteiger partial charge in [0.1, 0.15) is 0 Å². The van der Waals surface area contributed by atoms with E-state index in [1.807, 2.05) is 0 Å². The summed E-state index contributed by atoms with van der Waals surface area (Å²) in [5, 5.41) is 5.01. The molecule has 60 heavy (non-hydrogen) atoms. The Morgan fingerprint density at radius 1 is 0.367 bits per heavy atom. The second-order valence-electron chi connectivity index (χ2n) is 17.7. The first-order valence-corrected chi connectivity index (χ1v) is 21.2. The van der Waals surface area contributed by atoms with Crippen LogP contribution in [0.1, 0.15) is 49.9 Å². The van der Waals surface area contributed by atoms with Crippen LogP contribution in [0.25, 0.3) is 71.6 Å². The molecule has 0 bridgehead atoms. The Hall–Kier alpha value is -7.16. The third-order valence-corrected chi connectivity index (χ3v) is 13.7. The van der Waals surface area contributed by atoms with Gasteiger partial charge >= 0.3 is 0 Å². The number of fused-ring (bicyclic) bond motifs is 11. The molecule has 0 fully saturated rings. The number of anilines is 3. The van der Waals surface area contributed by atoms with Crippen molar-refractivity contribution in [1.29, 1.82) is 0 Å². The predicted molar refractivity (Wildman–Crippen MR) is 254 cm³/mol. The third-order valence-electron chi connectivity index (χ3n) is 13.7. The standard InChI is InChI=1S/C58H44N2/c1-57(2)49-28-15-13-24-42(49)44-31-30-41(33-51(44)57)59(40-23-17-20-38(32-40)37-18-7-5-8-19-37)54-36-55-56(46-27-12-11-26-45(46)54)48-34-47-43-25-14-16-29-50(43)58(3,4)52(47)35-53(48)60(55)39-21-9-6-10-22-39/h5-36H,1-4H3. The summed E-state index contributed by atoms with van der Waals surface area (Å²) in [7, 11) is 0. The van der Waals surface area contributed by atoms with Gasteiger partial charge in [0.05, 0.1) is 16.7 Å². The molecule has 2 heteroatoms. The number of para-hydroxylation sites is 1. The van der Waals surface area contributed by atoms with E-state index < -0.39 is 0 Å². The lowest BCUT2D eigenvalue weighted by atomic mass is 9.82. The molecule has 0 unspecified atom stereocenters. The summed E-state index contributed by atoms with van der Waals surface area (Å²) in [6, 6.07) is 72.3. The minimum atomic E-state index is -0.141. The smallest absolute Gasteiger partial charge is 0.0568 e. The van der Waals surface area contributed by atoms with Crippen molar-refractivity contribution in [2.24, 2.45) is 0 Å². The van der Waals surface area contributed by atoms with Gasteiger partial charge in [0.15, 0.2) is 0 Å². The van der Waals surface area contributed by atoms with Crippen molar-refractivity contribution >= 4 is 49.6 Å². The molecule has 0 N–H and O–H groups in total. The Balaban J connectivity index is 1.19. The fourth-order valence-corrected chi connectivity index (χ4v) is 10.8. The molecule has 0 spiro atoms. The van der Waals surface area contributed by atoms with Crippen LogP contribution < -0.4 is 4.90 Å². The van der Waals surface area contributed by atoms with Crippen LogP contribution in [0.3, 0.4) is 0 Å². The van der Waals surface area contributed by atoms with E-state index in [0.717, 1.165) is 22.7 Å². The van der Waals surface area contributed by atoms with E-state index >= 15 is 0 Å². The monoisotopic (exact) mass is 768 g/mol. The first-order chi connectivity index (χ1) is 29.3. The molecule has 0 aliphatic heterocycles. The Kier molecular flexibility index (Phi) is 7.36. The highest BCUT2D eigenvalue weighted by Gasteiger charge is 2.38. The highest BCUT2D eigenvalue weighted by atomic mass is 15.1. The van der Waals surface area contributed by atoms with Gasteiger partial charge in [-0.05, 0) is 116 Å². The van der Waals surface area contributed by atoms with Gasteiger partial charge in [0.2, 0.25) is 0 Å². The predicted octanol–water partition coefficient (Wildman–Crippen LogP) is 15.7. The van der Waals surface area contributed by atoms with Crippen molar-refractivity contribution < 1.29 is 0 Å².